The molecule has 5 heteroatoms. The van der Waals surface area contributed by atoms with Crippen LogP contribution in [0.2, 0.25) is 0 Å². The van der Waals surface area contributed by atoms with Crippen molar-refractivity contribution in [1.82, 2.24) is 14.7 Å². The fourth-order valence-corrected chi connectivity index (χ4v) is 3.33. The summed E-state index contributed by atoms with van der Waals surface area (Å²) in [5, 5.41) is 9.56. The first-order chi connectivity index (χ1) is 9.60. The topological polar surface area (TPSA) is 47.0 Å². The molecule has 2 aliphatic heterocycles. The molecule has 2 rings (SSSR count). The fourth-order valence-electron chi connectivity index (χ4n) is 3.33. The van der Waals surface area contributed by atoms with Crippen LogP contribution < -0.4 is 0 Å². The number of nitrogens with zero attached hydrogens (tertiary/aromatic N) is 3. The number of hydrogen-bond donors (Lipinski definition) is 1. The second-order valence-corrected chi connectivity index (χ2v) is 6.19. The van der Waals surface area contributed by atoms with Crippen molar-refractivity contribution in [3.8, 4) is 0 Å². The van der Waals surface area contributed by atoms with E-state index in [-0.39, 0.29) is 6.10 Å². The van der Waals surface area contributed by atoms with Crippen LogP contribution in [0.3, 0.4) is 0 Å². The number of amides is 1. The summed E-state index contributed by atoms with van der Waals surface area (Å²) >= 11 is 0. The molecular formula is C15H29N3O2. The molecule has 0 saturated carbocycles. The van der Waals surface area contributed by atoms with Gasteiger partial charge in [-0.25, -0.2) is 0 Å². The van der Waals surface area contributed by atoms with E-state index in [9.17, 15) is 9.90 Å². The lowest BCUT2D eigenvalue weighted by Crippen LogP contribution is -2.55. The second-order valence-electron chi connectivity index (χ2n) is 6.19. The molecule has 5 nitrogen and oxygen atoms in total. The third kappa shape index (κ3) is 4.17. The standard InChI is InChI=1S/C15H29N3O2/c1-3-14-12-16(8-10-18(14)11-13(2)19)7-9-17-6-4-5-15(17)20/h13-14,19H,3-12H2,1-2H3/t13-,14-/m0/s1. The number of aliphatic hydroxyl groups excluding tert-OH is 1. The number of piperazine rings is 1. The second kappa shape index (κ2) is 7.38. The molecule has 0 unspecified atom stereocenters. The van der Waals surface area contributed by atoms with Crippen molar-refractivity contribution in [2.24, 2.45) is 0 Å². The summed E-state index contributed by atoms with van der Waals surface area (Å²) < 4.78 is 0. The SMILES string of the molecule is CC[C@H]1CN(CCN2CCCC2=O)CCN1C[C@H](C)O. The summed E-state index contributed by atoms with van der Waals surface area (Å²) in [5.74, 6) is 0.324. The number of rotatable bonds is 6. The molecule has 0 aliphatic carbocycles. The molecule has 2 aliphatic rings. The van der Waals surface area contributed by atoms with E-state index in [1.807, 2.05) is 11.8 Å². The molecule has 1 N–H and O–H groups in total. The summed E-state index contributed by atoms with van der Waals surface area (Å²) in [5.41, 5.74) is 0. The quantitative estimate of drug-likeness (QED) is 0.766. The van der Waals surface area contributed by atoms with E-state index in [2.05, 4.69) is 16.7 Å². The highest BCUT2D eigenvalue weighted by Crippen LogP contribution is 2.14. The largest absolute Gasteiger partial charge is 0.392 e. The van der Waals surface area contributed by atoms with Gasteiger partial charge in [0.15, 0.2) is 0 Å². The van der Waals surface area contributed by atoms with Crippen molar-refractivity contribution in [3.63, 3.8) is 0 Å². The minimum Gasteiger partial charge on any atom is -0.392 e. The summed E-state index contributed by atoms with van der Waals surface area (Å²) in [6, 6.07) is 0.535. The smallest absolute Gasteiger partial charge is 0.222 e. The number of β-amino-alcohol motifs (C(OH)–C–C–N with tert-alkyl or cyclic N) is 1. The van der Waals surface area contributed by atoms with Gasteiger partial charge in [0.05, 0.1) is 6.10 Å². The van der Waals surface area contributed by atoms with Crippen molar-refractivity contribution in [3.05, 3.63) is 0 Å². The predicted octanol–water partition coefficient (Wildman–Crippen LogP) is 0.386. The van der Waals surface area contributed by atoms with E-state index in [4.69, 9.17) is 0 Å². The lowest BCUT2D eigenvalue weighted by molar-refractivity contribution is -0.127. The highest BCUT2D eigenvalue weighted by molar-refractivity contribution is 5.78. The molecule has 0 spiro atoms. The lowest BCUT2D eigenvalue weighted by Gasteiger charge is -2.42. The Morgan fingerprint density at radius 2 is 2.10 bits per heavy atom. The first-order valence-electron chi connectivity index (χ1n) is 8.02. The van der Waals surface area contributed by atoms with Gasteiger partial charge in [0, 0.05) is 58.3 Å². The van der Waals surface area contributed by atoms with Crippen molar-refractivity contribution >= 4 is 5.91 Å². The molecule has 0 bridgehead atoms. The average Bonchev–Trinajstić information content (AvgIpc) is 2.82. The van der Waals surface area contributed by atoms with Crippen LogP contribution in [0.25, 0.3) is 0 Å². The maximum Gasteiger partial charge on any atom is 0.222 e. The van der Waals surface area contributed by atoms with Crippen LogP contribution in [-0.2, 0) is 4.79 Å². The van der Waals surface area contributed by atoms with E-state index >= 15 is 0 Å². The van der Waals surface area contributed by atoms with Gasteiger partial charge < -0.3 is 10.0 Å². The Kier molecular flexibility index (Phi) is 5.81. The highest BCUT2D eigenvalue weighted by Gasteiger charge is 2.27. The zero-order valence-corrected chi connectivity index (χ0v) is 12.9. The number of likely N-dealkylation sites (tertiary alicyclic amines) is 1. The van der Waals surface area contributed by atoms with E-state index in [0.29, 0.717) is 11.9 Å². The van der Waals surface area contributed by atoms with E-state index in [1.54, 1.807) is 0 Å². The zero-order chi connectivity index (χ0) is 14.5. The minimum absolute atomic E-state index is 0.252. The fraction of sp³-hybridized carbons (Fsp3) is 0.933. The predicted molar refractivity (Wildman–Crippen MR) is 79.6 cm³/mol. The van der Waals surface area contributed by atoms with Crippen LogP contribution in [0.15, 0.2) is 0 Å². The van der Waals surface area contributed by atoms with Crippen molar-refractivity contribution in [2.45, 2.75) is 45.3 Å². The Morgan fingerprint density at radius 3 is 2.70 bits per heavy atom. The molecule has 2 saturated heterocycles. The van der Waals surface area contributed by atoms with E-state index in [1.165, 1.54) is 0 Å². The Labute approximate surface area is 122 Å². The Hall–Kier alpha value is -0.650. The van der Waals surface area contributed by atoms with Crippen molar-refractivity contribution in [2.75, 3.05) is 45.8 Å². The van der Waals surface area contributed by atoms with E-state index in [0.717, 1.165) is 65.1 Å². The molecule has 2 fully saturated rings. The van der Waals surface area contributed by atoms with Gasteiger partial charge in [-0.1, -0.05) is 6.92 Å². The summed E-state index contributed by atoms with van der Waals surface area (Å²) in [7, 11) is 0. The molecule has 0 aromatic heterocycles. The number of hydrogen-bond acceptors (Lipinski definition) is 4. The average molecular weight is 283 g/mol. The Balaban J connectivity index is 1.76. The molecule has 1 amide bonds. The van der Waals surface area contributed by atoms with Crippen LogP contribution in [0.1, 0.15) is 33.1 Å². The monoisotopic (exact) mass is 283 g/mol. The van der Waals surface area contributed by atoms with Gasteiger partial charge >= 0.3 is 0 Å². The third-order valence-electron chi connectivity index (χ3n) is 4.52. The molecule has 2 heterocycles. The van der Waals surface area contributed by atoms with Gasteiger partial charge in [-0.15, -0.1) is 0 Å². The minimum atomic E-state index is -0.252. The molecule has 0 radical (unpaired) electrons. The zero-order valence-electron chi connectivity index (χ0n) is 12.9. The number of carbonyl (C=O) groups is 1. The van der Waals surface area contributed by atoms with Gasteiger partial charge in [0.25, 0.3) is 0 Å². The van der Waals surface area contributed by atoms with Crippen LogP contribution in [0.4, 0.5) is 0 Å². The van der Waals surface area contributed by atoms with E-state index < -0.39 is 0 Å². The normalized spacial score (nSPS) is 27.2. The third-order valence-corrected chi connectivity index (χ3v) is 4.52. The molecule has 116 valence electrons. The van der Waals surface area contributed by atoms with Crippen LogP contribution in [0, 0.1) is 0 Å². The Morgan fingerprint density at radius 1 is 1.30 bits per heavy atom. The molecule has 0 aromatic carbocycles. The molecule has 0 aromatic rings. The van der Waals surface area contributed by atoms with Gasteiger partial charge in [-0.2, -0.15) is 0 Å². The first-order valence-corrected chi connectivity index (χ1v) is 8.02. The van der Waals surface area contributed by atoms with Gasteiger partial charge in [-0.3, -0.25) is 14.6 Å². The summed E-state index contributed by atoms with van der Waals surface area (Å²) in [6.07, 6.45) is 2.63. The van der Waals surface area contributed by atoms with Crippen LogP contribution in [0.5, 0.6) is 0 Å². The van der Waals surface area contributed by atoms with Crippen LogP contribution in [-0.4, -0.2) is 83.7 Å². The van der Waals surface area contributed by atoms with Crippen molar-refractivity contribution in [1.29, 1.82) is 0 Å². The van der Waals surface area contributed by atoms with Gasteiger partial charge in [0.1, 0.15) is 0 Å². The van der Waals surface area contributed by atoms with Crippen LogP contribution >= 0.6 is 0 Å². The lowest BCUT2D eigenvalue weighted by atomic mass is 10.1. The first kappa shape index (κ1) is 15.7. The number of carbonyl (C=O) groups excluding carboxylic acids is 1. The maximum atomic E-state index is 11.6. The maximum absolute atomic E-state index is 11.6. The Bertz CT molecular complexity index is 322. The molecule has 2 atom stereocenters. The summed E-state index contributed by atoms with van der Waals surface area (Å²) in [4.78, 5) is 18.5. The van der Waals surface area contributed by atoms with Crippen molar-refractivity contribution < 1.29 is 9.90 Å². The van der Waals surface area contributed by atoms with Gasteiger partial charge in [-0.05, 0) is 19.8 Å². The molecule has 20 heavy (non-hydrogen) atoms. The van der Waals surface area contributed by atoms with Gasteiger partial charge in [0.2, 0.25) is 5.91 Å². The number of aliphatic hydroxyl groups is 1. The molecular weight excluding hydrogens is 254 g/mol. The highest BCUT2D eigenvalue weighted by atomic mass is 16.3. The summed E-state index contributed by atoms with van der Waals surface area (Å²) in [6.45, 7) is 10.8.